The van der Waals surface area contributed by atoms with Gasteiger partial charge in [0.1, 0.15) is 11.6 Å². The van der Waals surface area contributed by atoms with Gasteiger partial charge in [0.05, 0.1) is 11.6 Å². The number of aryl methyl sites for hydroxylation is 1. The van der Waals surface area contributed by atoms with Crippen LogP contribution in [0.5, 0.6) is 5.75 Å². The molecule has 0 bridgehead atoms. The summed E-state index contributed by atoms with van der Waals surface area (Å²) in [7, 11) is 1.98. The third kappa shape index (κ3) is 4.48. The third-order valence-corrected chi connectivity index (χ3v) is 3.54. The van der Waals surface area contributed by atoms with E-state index < -0.39 is 0 Å². The lowest BCUT2D eigenvalue weighted by Gasteiger charge is -2.15. The molecule has 0 saturated carbocycles. The summed E-state index contributed by atoms with van der Waals surface area (Å²) in [6.45, 7) is 5.54. The SMILES string of the molecule is CC(C)NCc1cccc(Cl)c1OCCc1nccn1C. The van der Waals surface area contributed by atoms with E-state index in [1.54, 1.807) is 6.20 Å². The van der Waals surface area contributed by atoms with Crippen LogP contribution in [-0.2, 0) is 20.0 Å². The molecule has 114 valence electrons. The average molecular weight is 308 g/mol. The fraction of sp³-hybridized carbons (Fsp3) is 0.438. The van der Waals surface area contributed by atoms with Crippen molar-refractivity contribution in [2.45, 2.75) is 32.9 Å². The van der Waals surface area contributed by atoms with Crippen LogP contribution < -0.4 is 10.1 Å². The second-order valence-electron chi connectivity index (χ2n) is 5.32. The molecule has 2 aromatic rings. The predicted molar refractivity (Wildman–Crippen MR) is 85.8 cm³/mol. The van der Waals surface area contributed by atoms with Crippen molar-refractivity contribution in [3.63, 3.8) is 0 Å². The summed E-state index contributed by atoms with van der Waals surface area (Å²) >= 11 is 6.26. The molecule has 0 saturated heterocycles. The molecule has 2 rings (SSSR count). The van der Waals surface area contributed by atoms with Crippen molar-refractivity contribution in [2.75, 3.05) is 6.61 Å². The van der Waals surface area contributed by atoms with Gasteiger partial charge in [0, 0.05) is 44.0 Å². The van der Waals surface area contributed by atoms with Crippen molar-refractivity contribution in [1.29, 1.82) is 0 Å². The van der Waals surface area contributed by atoms with Gasteiger partial charge in [-0.25, -0.2) is 4.98 Å². The maximum atomic E-state index is 6.26. The highest BCUT2D eigenvalue weighted by molar-refractivity contribution is 6.32. The van der Waals surface area contributed by atoms with Crippen molar-refractivity contribution in [3.8, 4) is 5.75 Å². The van der Waals surface area contributed by atoms with E-state index in [0.717, 1.165) is 30.1 Å². The molecule has 0 aliphatic carbocycles. The Kier molecular flexibility index (Phi) is 5.65. The molecule has 0 radical (unpaired) electrons. The van der Waals surface area contributed by atoms with Gasteiger partial charge in [0.25, 0.3) is 0 Å². The first-order valence-corrected chi connectivity index (χ1v) is 7.55. The van der Waals surface area contributed by atoms with Gasteiger partial charge in [0.2, 0.25) is 0 Å². The van der Waals surface area contributed by atoms with E-state index >= 15 is 0 Å². The van der Waals surface area contributed by atoms with Crippen LogP contribution >= 0.6 is 11.6 Å². The molecule has 0 spiro atoms. The maximum absolute atomic E-state index is 6.26. The van der Waals surface area contributed by atoms with E-state index in [4.69, 9.17) is 16.3 Å². The quantitative estimate of drug-likeness (QED) is 0.854. The van der Waals surface area contributed by atoms with Crippen molar-refractivity contribution >= 4 is 11.6 Å². The largest absolute Gasteiger partial charge is 0.491 e. The van der Waals surface area contributed by atoms with Crippen LogP contribution in [0.25, 0.3) is 0 Å². The van der Waals surface area contributed by atoms with E-state index in [-0.39, 0.29) is 0 Å². The molecule has 1 aromatic heterocycles. The van der Waals surface area contributed by atoms with E-state index in [1.807, 2.05) is 36.0 Å². The van der Waals surface area contributed by atoms with E-state index in [0.29, 0.717) is 17.7 Å². The van der Waals surface area contributed by atoms with Gasteiger partial charge in [-0.2, -0.15) is 0 Å². The molecule has 0 atom stereocenters. The topological polar surface area (TPSA) is 39.1 Å². The first-order valence-electron chi connectivity index (χ1n) is 7.17. The van der Waals surface area contributed by atoms with E-state index in [9.17, 15) is 0 Å². The monoisotopic (exact) mass is 307 g/mol. The summed E-state index contributed by atoms with van der Waals surface area (Å²) in [5.74, 6) is 1.77. The zero-order valence-corrected chi connectivity index (χ0v) is 13.5. The number of nitrogens with one attached hydrogen (secondary N) is 1. The zero-order valence-electron chi connectivity index (χ0n) is 12.8. The highest BCUT2D eigenvalue weighted by Crippen LogP contribution is 2.28. The first kappa shape index (κ1) is 15.9. The molecule has 0 amide bonds. The highest BCUT2D eigenvalue weighted by atomic mass is 35.5. The number of benzene rings is 1. The Morgan fingerprint density at radius 1 is 1.38 bits per heavy atom. The Morgan fingerprint density at radius 2 is 2.19 bits per heavy atom. The summed E-state index contributed by atoms with van der Waals surface area (Å²) in [5, 5.41) is 4.04. The molecular weight excluding hydrogens is 286 g/mol. The number of ether oxygens (including phenoxy) is 1. The molecule has 1 heterocycles. The number of imidazole rings is 1. The molecule has 0 aliphatic heterocycles. The minimum Gasteiger partial charge on any atom is -0.491 e. The minimum atomic E-state index is 0.421. The summed E-state index contributed by atoms with van der Waals surface area (Å²) in [4.78, 5) is 4.29. The minimum absolute atomic E-state index is 0.421. The van der Waals surface area contributed by atoms with Crippen LogP contribution in [0.3, 0.4) is 0 Å². The van der Waals surface area contributed by atoms with Crippen LogP contribution in [-0.4, -0.2) is 22.2 Å². The molecule has 0 fully saturated rings. The van der Waals surface area contributed by atoms with Crippen molar-refractivity contribution in [3.05, 3.63) is 47.0 Å². The summed E-state index contributed by atoms with van der Waals surface area (Å²) in [6, 6.07) is 6.27. The Labute approximate surface area is 131 Å². The fourth-order valence-electron chi connectivity index (χ4n) is 2.05. The molecule has 1 aromatic carbocycles. The Hall–Kier alpha value is -1.52. The van der Waals surface area contributed by atoms with Crippen LogP contribution in [0.1, 0.15) is 25.2 Å². The van der Waals surface area contributed by atoms with Gasteiger partial charge in [-0.1, -0.05) is 37.6 Å². The molecule has 0 aliphatic rings. The van der Waals surface area contributed by atoms with E-state index in [1.165, 1.54) is 0 Å². The standard InChI is InChI=1S/C16H22ClN3O/c1-12(2)19-11-13-5-4-6-14(17)16(13)21-10-7-15-18-8-9-20(15)3/h4-6,8-9,12,19H,7,10-11H2,1-3H3. The Morgan fingerprint density at radius 3 is 2.86 bits per heavy atom. The molecule has 4 nitrogen and oxygen atoms in total. The highest BCUT2D eigenvalue weighted by Gasteiger charge is 2.09. The average Bonchev–Trinajstić information content (AvgIpc) is 2.84. The van der Waals surface area contributed by atoms with Crippen LogP contribution in [0.4, 0.5) is 0 Å². The molecular formula is C16H22ClN3O. The first-order chi connectivity index (χ1) is 10.1. The molecule has 21 heavy (non-hydrogen) atoms. The maximum Gasteiger partial charge on any atom is 0.142 e. The smallest absolute Gasteiger partial charge is 0.142 e. The number of hydrogen-bond acceptors (Lipinski definition) is 3. The van der Waals surface area contributed by atoms with Crippen molar-refractivity contribution in [2.24, 2.45) is 7.05 Å². The number of halogens is 1. The number of nitrogens with zero attached hydrogens (tertiary/aromatic N) is 2. The Balaban J connectivity index is 1.99. The summed E-state index contributed by atoms with van der Waals surface area (Å²) in [6.07, 6.45) is 4.48. The lowest BCUT2D eigenvalue weighted by molar-refractivity contribution is 0.313. The second-order valence-corrected chi connectivity index (χ2v) is 5.72. The number of hydrogen-bond donors (Lipinski definition) is 1. The van der Waals surface area contributed by atoms with Gasteiger partial charge < -0.3 is 14.6 Å². The van der Waals surface area contributed by atoms with Gasteiger partial charge in [-0.3, -0.25) is 0 Å². The number of aromatic nitrogens is 2. The number of para-hydroxylation sites is 1. The van der Waals surface area contributed by atoms with Crippen LogP contribution in [0.2, 0.25) is 5.02 Å². The van der Waals surface area contributed by atoms with Gasteiger partial charge in [-0.15, -0.1) is 0 Å². The molecule has 1 N–H and O–H groups in total. The predicted octanol–water partition coefficient (Wildman–Crippen LogP) is 3.19. The van der Waals surface area contributed by atoms with Crippen LogP contribution in [0, 0.1) is 0 Å². The Bertz CT molecular complexity index is 581. The second kappa shape index (κ2) is 7.48. The normalized spacial score (nSPS) is 11.1. The fourth-order valence-corrected chi connectivity index (χ4v) is 2.30. The van der Waals surface area contributed by atoms with Crippen molar-refractivity contribution < 1.29 is 4.74 Å². The van der Waals surface area contributed by atoms with Gasteiger partial charge in [-0.05, 0) is 6.07 Å². The van der Waals surface area contributed by atoms with E-state index in [2.05, 4.69) is 24.1 Å². The summed E-state index contributed by atoms with van der Waals surface area (Å²) < 4.78 is 7.90. The summed E-state index contributed by atoms with van der Waals surface area (Å²) in [5.41, 5.74) is 1.08. The van der Waals surface area contributed by atoms with Gasteiger partial charge in [0.15, 0.2) is 0 Å². The number of rotatable bonds is 7. The third-order valence-electron chi connectivity index (χ3n) is 3.24. The molecule has 5 heteroatoms. The van der Waals surface area contributed by atoms with Gasteiger partial charge >= 0.3 is 0 Å². The molecule has 0 unspecified atom stereocenters. The van der Waals surface area contributed by atoms with Crippen molar-refractivity contribution in [1.82, 2.24) is 14.9 Å². The lowest BCUT2D eigenvalue weighted by atomic mass is 10.2. The zero-order chi connectivity index (χ0) is 15.2. The van der Waals surface area contributed by atoms with Crippen LogP contribution in [0.15, 0.2) is 30.6 Å². The lowest BCUT2D eigenvalue weighted by Crippen LogP contribution is -2.22.